The Morgan fingerprint density at radius 3 is 2.02 bits per heavy atom. The highest BCUT2D eigenvalue weighted by Gasteiger charge is 2.46. The molecule has 11 heteroatoms. The molecule has 3 aromatic carbocycles. The number of fused-ring (bicyclic) bond motifs is 3. The maximum Gasteiger partial charge on any atom is 0.407 e. The maximum atomic E-state index is 13.8. The molecule has 216 valence electrons. The molecule has 41 heavy (non-hydrogen) atoms. The molecule has 0 fully saturated rings. The van der Waals surface area contributed by atoms with E-state index in [1.165, 1.54) is 6.92 Å². The number of carboxylic acid groups (broad SMARTS) is 1. The Kier molecular flexibility index (Phi) is 9.28. The minimum Gasteiger partial charge on any atom is -0.480 e. The third-order valence-corrected chi connectivity index (χ3v) is 6.89. The number of carboxylic acids is 1. The summed E-state index contributed by atoms with van der Waals surface area (Å²) in [7, 11) is 0. The highest BCUT2D eigenvalue weighted by atomic mass is 19.4. The number of rotatable bonds is 11. The second kappa shape index (κ2) is 12.9. The number of amides is 2. The molecule has 0 aliphatic heterocycles. The van der Waals surface area contributed by atoms with Crippen molar-refractivity contribution >= 4 is 18.0 Å². The van der Waals surface area contributed by atoms with Crippen molar-refractivity contribution in [2.75, 3.05) is 13.2 Å². The smallest absolute Gasteiger partial charge is 0.407 e. The van der Waals surface area contributed by atoms with Gasteiger partial charge in [-0.1, -0.05) is 78.9 Å². The van der Waals surface area contributed by atoms with Gasteiger partial charge in [0.1, 0.15) is 6.61 Å². The summed E-state index contributed by atoms with van der Waals surface area (Å²) in [6, 6.07) is 22.1. The van der Waals surface area contributed by atoms with Gasteiger partial charge >= 0.3 is 18.2 Å². The number of aliphatic carboxylic acids is 1. The highest BCUT2D eigenvalue weighted by Crippen LogP contribution is 2.44. The average Bonchev–Trinajstić information content (AvgIpc) is 3.27. The van der Waals surface area contributed by atoms with E-state index in [-0.39, 0.29) is 19.1 Å². The fourth-order valence-electron chi connectivity index (χ4n) is 4.72. The SMILES string of the molecule is CC(OCc1ccccc1)C(NC(=O)C(CNC(=O)OCC1c2ccccc2-c2ccccc21)C(F)(F)F)C(=O)O. The number of halogens is 3. The molecule has 0 saturated carbocycles. The van der Waals surface area contributed by atoms with Crippen molar-refractivity contribution in [2.24, 2.45) is 5.92 Å². The zero-order valence-corrected chi connectivity index (χ0v) is 22.1. The number of hydrogen-bond acceptors (Lipinski definition) is 5. The highest BCUT2D eigenvalue weighted by molar-refractivity contribution is 5.86. The molecular formula is C30H29F3N2O6. The molecule has 0 saturated heterocycles. The first-order valence-corrected chi connectivity index (χ1v) is 12.9. The van der Waals surface area contributed by atoms with Crippen molar-refractivity contribution in [1.29, 1.82) is 0 Å². The van der Waals surface area contributed by atoms with E-state index < -0.39 is 48.8 Å². The van der Waals surface area contributed by atoms with E-state index in [0.29, 0.717) is 0 Å². The molecular weight excluding hydrogens is 541 g/mol. The number of benzene rings is 3. The Balaban J connectivity index is 1.34. The van der Waals surface area contributed by atoms with Gasteiger partial charge in [-0.05, 0) is 34.7 Å². The number of alkyl halides is 3. The molecule has 3 unspecified atom stereocenters. The first kappa shape index (κ1) is 29.6. The summed E-state index contributed by atoms with van der Waals surface area (Å²) in [5, 5.41) is 13.4. The van der Waals surface area contributed by atoms with Crippen molar-refractivity contribution in [2.45, 2.75) is 37.8 Å². The lowest BCUT2D eigenvalue weighted by molar-refractivity contribution is -0.183. The lowest BCUT2D eigenvalue weighted by atomic mass is 9.98. The van der Waals surface area contributed by atoms with Crippen LogP contribution < -0.4 is 10.6 Å². The van der Waals surface area contributed by atoms with Gasteiger partial charge in [0.25, 0.3) is 0 Å². The average molecular weight is 571 g/mol. The zero-order chi connectivity index (χ0) is 29.6. The van der Waals surface area contributed by atoms with Crippen LogP contribution in [-0.2, 0) is 25.7 Å². The van der Waals surface area contributed by atoms with Crippen LogP contribution in [0.1, 0.15) is 29.5 Å². The number of alkyl carbamates (subject to hydrolysis) is 1. The summed E-state index contributed by atoms with van der Waals surface area (Å²) in [6.45, 7) is 0.0604. The number of hydrogen-bond donors (Lipinski definition) is 3. The quantitative estimate of drug-likeness (QED) is 0.303. The van der Waals surface area contributed by atoms with E-state index in [1.54, 1.807) is 30.3 Å². The lowest BCUT2D eigenvalue weighted by Gasteiger charge is -2.26. The minimum atomic E-state index is -5.07. The van der Waals surface area contributed by atoms with Crippen molar-refractivity contribution in [3.8, 4) is 11.1 Å². The van der Waals surface area contributed by atoms with E-state index in [2.05, 4.69) is 0 Å². The largest absolute Gasteiger partial charge is 0.480 e. The van der Waals surface area contributed by atoms with Crippen molar-refractivity contribution in [1.82, 2.24) is 10.6 Å². The molecule has 0 heterocycles. The standard InChI is InChI=1S/C30H29F3N2O6/c1-18(40-16-19-9-3-2-4-10-19)26(28(37)38)35-27(36)25(30(31,32)33)15-34-29(39)41-17-24-22-13-7-5-11-20(22)21-12-6-8-14-23(21)24/h2-14,18,24-26H,15-17H2,1H3,(H,34,39)(H,35,36)(H,37,38). The molecule has 3 atom stereocenters. The van der Waals surface area contributed by atoms with Crippen LogP contribution in [0.3, 0.4) is 0 Å². The lowest BCUT2D eigenvalue weighted by Crippen LogP contribution is -2.54. The second-order valence-corrected chi connectivity index (χ2v) is 9.63. The summed E-state index contributed by atoms with van der Waals surface area (Å²) < 4.78 is 52.1. The molecule has 8 nitrogen and oxygen atoms in total. The first-order valence-electron chi connectivity index (χ1n) is 12.9. The Bertz CT molecular complexity index is 1340. The molecule has 0 spiro atoms. The molecule has 1 aliphatic rings. The van der Waals surface area contributed by atoms with E-state index >= 15 is 0 Å². The van der Waals surface area contributed by atoms with E-state index in [4.69, 9.17) is 9.47 Å². The third-order valence-electron chi connectivity index (χ3n) is 6.89. The molecule has 3 N–H and O–H groups in total. The molecule has 0 radical (unpaired) electrons. The predicted octanol–water partition coefficient (Wildman–Crippen LogP) is 4.88. The van der Waals surface area contributed by atoms with Crippen molar-refractivity contribution in [3.63, 3.8) is 0 Å². The minimum absolute atomic E-state index is 0.00625. The van der Waals surface area contributed by atoms with E-state index in [0.717, 1.165) is 27.8 Å². The van der Waals surface area contributed by atoms with Crippen LogP contribution in [0.25, 0.3) is 11.1 Å². The monoisotopic (exact) mass is 570 g/mol. The van der Waals surface area contributed by atoms with E-state index in [9.17, 15) is 32.7 Å². The molecule has 0 bridgehead atoms. The summed E-state index contributed by atoms with van der Waals surface area (Å²) >= 11 is 0. The van der Waals surface area contributed by atoms with Gasteiger partial charge in [0.05, 0.1) is 12.7 Å². The number of carbonyl (C=O) groups is 3. The Morgan fingerprint density at radius 1 is 0.902 bits per heavy atom. The summed E-state index contributed by atoms with van der Waals surface area (Å²) in [5.74, 6) is -6.20. The fourth-order valence-corrected chi connectivity index (χ4v) is 4.72. The van der Waals surface area contributed by atoms with Crippen LogP contribution in [0, 0.1) is 5.92 Å². The van der Waals surface area contributed by atoms with E-state index in [1.807, 2.05) is 59.2 Å². The van der Waals surface area contributed by atoms with Crippen LogP contribution >= 0.6 is 0 Å². The molecule has 4 rings (SSSR count). The Labute approximate surface area is 234 Å². The normalized spacial score (nSPS) is 14.7. The second-order valence-electron chi connectivity index (χ2n) is 9.63. The Hall–Kier alpha value is -4.38. The number of carbonyl (C=O) groups excluding carboxylic acids is 2. The summed E-state index contributed by atoms with van der Waals surface area (Å²) in [5.41, 5.74) is 4.55. The summed E-state index contributed by atoms with van der Waals surface area (Å²) in [6.07, 6.45) is -7.36. The van der Waals surface area contributed by atoms with Gasteiger partial charge in [0, 0.05) is 12.5 Å². The van der Waals surface area contributed by atoms with Gasteiger partial charge in [0.2, 0.25) is 5.91 Å². The van der Waals surface area contributed by atoms with Crippen molar-refractivity contribution in [3.05, 3.63) is 95.6 Å². The number of nitrogens with one attached hydrogen (secondary N) is 2. The fraction of sp³-hybridized carbons (Fsp3) is 0.300. The topological polar surface area (TPSA) is 114 Å². The van der Waals surface area contributed by atoms with Crippen molar-refractivity contribution < 1.29 is 42.1 Å². The van der Waals surface area contributed by atoms with Crippen LogP contribution in [0.2, 0.25) is 0 Å². The van der Waals surface area contributed by atoms with Crippen LogP contribution in [0.4, 0.5) is 18.0 Å². The van der Waals surface area contributed by atoms with Gasteiger partial charge in [-0.15, -0.1) is 0 Å². The molecule has 1 aliphatic carbocycles. The molecule has 3 aromatic rings. The van der Waals surface area contributed by atoms with Gasteiger partial charge in [0.15, 0.2) is 12.0 Å². The van der Waals surface area contributed by atoms with Crippen LogP contribution in [0.15, 0.2) is 78.9 Å². The van der Waals surface area contributed by atoms with Gasteiger partial charge in [-0.3, -0.25) is 4.79 Å². The maximum absolute atomic E-state index is 13.8. The zero-order valence-electron chi connectivity index (χ0n) is 22.1. The molecule has 0 aromatic heterocycles. The number of ether oxygens (including phenoxy) is 2. The van der Waals surface area contributed by atoms with Crippen LogP contribution in [-0.4, -0.2) is 54.5 Å². The predicted molar refractivity (Wildman–Crippen MR) is 143 cm³/mol. The Morgan fingerprint density at radius 2 is 1.46 bits per heavy atom. The molecule has 2 amide bonds. The first-order chi connectivity index (χ1) is 19.6. The van der Waals surface area contributed by atoms with Gasteiger partial charge in [-0.2, -0.15) is 13.2 Å². The third kappa shape index (κ3) is 7.23. The van der Waals surface area contributed by atoms with Gasteiger partial charge in [-0.25, -0.2) is 9.59 Å². The van der Waals surface area contributed by atoms with Crippen LogP contribution in [0.5, 0.6) is 0 Å². The summed E-state index contributed by atoms with van der Waals surface area (Å²) in [4.78, 5) is 36.7. The van der Waals surface area contributed by atoms with Gasteiger partial charge < -0.3 is 25.2 Å².